The molecular weight excluding hydrogens is 198 g/mol. The molecule has 96 valence electrons. The van der Waals surface area contributed by atoms with Crippen molar-refractivity contribution in [3.63, 3.8) is 0 Å². The Kier molecular flexibility index (Phi) is 6.46. The van der Waals surface area contributed by atoms with Crippen molar-refractivity contribution in [2.45, 2.75) is 72.4 Å². The highest BCUT2D eigenvalue weighted by Crippen LogP contribution is 2.10. The molecule has 3 nitrogen and oxygen atoms in total. The number of hydrogen-bond donors (Lipinski definition) is 2. The van der Waals surface area contributed by atoms with Gasteiger partial charge in [0.25, 0.3) is 0 Å². The smallest absolute Gasteiger partial charge is 0.189 e. The van der Waals surface area contributed by atoms with Gasteiger partial charge in [0.15, 0.2) is 5.96 Å². The molecule has 0 heterocycles. The predicted molar refractivity (Wildman–Crippen MR) is 72.7 cm³/mol. The Hall–Kier alpha value is -0.730. The summed E-state index contributed by atoms with van der Waals surface area (Å²) in [4.78, 5) is 4.44. The Labute approximate surface area is 101 Å². The first-order valence-corrected chi connectivity index (χ1v) is 6.32. The minimum Gasteiger partial charge on any atom is -0.370 e. The molecule has 0 bridgehead atoms. The summed E-state index contributed by atoms with van der Waals surface area (Å²) in [7, 11) is 0. The van der Waals surface area contributed by atoms with E-state index < -0.39 is 0 Å². The summed E-state index contributed by atoms with van der Waals surface area (Å²) < 4.78 is 0. The van der Waals surface area contributed by atoms with Crippen molar-refractivity contribution in [2.75, 3.05) is 0 Å². The predicted octanol–water partition coefficient (Wildman–Crippen LogP) is 2.90. The SMILES string of the molecule is CC(C)CCCC(C)N=C(N)NC(C)(C)C. The number of guanidine groups is 1. The fourth-order valence-electron chi connectivity index (χ4n) is 1.54. The normalized spacial score (nSPS) is 15.3. The van der Waals surface area contributed by atoms with E-state index in [2.05, 4.69) is 51.9 Å². The molecule has 1 unspecified atom stereocenters. The molecule has 3 heteroatoms. The van der Waals surface area contributed by atoms with Gasteiger partial charge in [-0.3, -0.25) is 4.99 Å². The fraction of sp³-hybridized carbons (Fsp3) is 0.923. The van der Waals surface area contributed by atoms with E-state index in [0.717, 1.165) is 12.3 Å². The molecule has 0 aliphatic heterocycles. The van der Waals surface area contributed by atoms with Crippen LogP contribution in [0.4, 0.5) is 0 Å². The van der Waals surface area contributed by atoms with E-state index >= 15 is 0 Å². The molecule has 0 amide bonds. The maximum atomic E-state index is 5.83. The van der Waals surface area contributed by atoms with Gasteiger partial charge in [-0.25, -0.2) is 0 Å². The van der Waals surface area contributed by atoms with Crippen molar-refractivity contribution >= 4 is 5.96 Å². The van der Waals surface area contributed by atoms with Gasteiger partial charge in [0.05, 0.1) is 6.04 Å². The minimum atomic E-state index is -0.00869. The van der Waals surface area contributed by atoms with E-state index in [1.165, 1.54) is 12.8 Å². The van der Waals surface area contributed by atoms with E-state index in [9.17, 15) is 0 Å². The van der Waals surface area contributed by atoms with Crippen LogP contribution >= 0.6 is 0 Å². The van der Waals surface area contributed by atoms with Crippen LogP contribution in [0.2, 0.25) is 0 Å². The van der Waals surface area contributed by atoms with Crippen LogP contribution in [0.25, 0.3) is 0 Å². The zero-order valence-corrected chi connectivity index (χ0v) is 11.8. The maximum absolute atomic E-state index is 5.83. The second kappa shape index (κ2) is 6.77. The molecule has 0 radical (unpaired) electrons. The molecule has 0 rings (SSSR count). The van der Waals surface area contributed by atoms with Gasteiger partial charge in [0.1, 0.15) is 0 Å². The number of nitrogens with zero attached hydrogens (tertiary/aromatic N) is 1. The summed E-state index contributed by atoms with van der Waals surface area (Å²) in [6.45, 7) is 12.9. The van der Waals surface area contributed by atoms with Crippen molar-refractivity contribution < 1.29 is 0 Å². The van der Waals surface area contributed by atoms with Crippen LogP contribution in [0.15, 0.2) is 4.99 Å². The minimum absolute atomic E-state index is 0.00869. The van der Waals surface area contributed by atoms with Gasteiger partial charge in [0, 0.05) is 5.54 Å². The molecule has 1 atom stereocenters. The third kappa shape index (κ3) is 9.81. The molecule has 0 aromatic heterocycles. The highest BCUT2D eigenvalue weighted by atomic mass is 15.1. The lowest BCUT2D eigenvalue weighted by Gasteiger charge is -2.21. The van der Waals surface area contributed by atoms with Crippen LogP contribution in [-0.2, 0) is 0 Å². The second-order valence-electron chi connectivity index (χ2n) is 6.06. The summed E-state index contributed by atoms with van der Waals surface area (Å²) >= 11 is 0. The van der Waals surface area contributed by atoms with E-state index in [1.54, 1.807) is 0 Å². The first kappa shape index (κ1) is 15.3. The van der Waals surface area contributed by atoms with Gasteiger partial charge in [-0.15, -0.1) is 0 Å². The Morgan fingerprint density at radius 1 is 1.19 bits per heavy atom. The zero-order chi connectivity index (χ0) is 12.8. The first-order chi connectivity index (χ1) is 7.20. The lowest BCUT2D eigenvalue weighted by molar-refractivity contribution is 0.495. The van der Waals surface area contributed by atoms with Crippen LogP contribution in [0.3, 0.4) is 0 Å². The highest BCUT2D eigenvalue weighted by Gasteiger charge is 2.10. The number of aliphatic imine (C=N–C) groups is 1. The number of rotatable bonds is 5. The third-order valence-corrected chi connectivity index (χ3v) is 2.27. The highest BCUT2D eigenvalue weighted by molar-refractivity contribution is 5.78. The molecular formula is C13H29N3. The summed E-state index contributed by atoms with van der Waals surface area (Å²) in [5.41, 5.74) is 5.82. The fourth-order valence-corrected chi connectivity index (χ4v) is 1.54. The largest absolute Gasteiger partial charge is 0.370 e. The molecule has 0 saturated heterocycles. The van der Waals surface area contributed by atoms with Gasteiger partial charge in [-0.05, 0) is 40.0 Å². The molecule has 0 aliphatic rings. The topological polar surface area (TPSA) is 50.4 Å². The van der Waals surface area contributed by atoms with Crippen molar-refractivity contribution in [1.29, 1.82) is 0 Å². The maximum Gasteiger partial charge on any atom is 0.189 e. The lowest BCUT2D eigenvalue weighted by atomic mass is 10.0. The summed E-state index contributed by atoms with van der Waals surface area (Å²) in [6.07, 6.45) is 3.61. The Balaban J connectivity index is 3.92. The Morgan fingerprint density at radius 2 is 1.75 bits per heavy atom. The molecule has 16 heavy (non-hydrogen) atoms. The van der Waals surface area contributed by atoms with Gasteiger partial charge >= 0.3 is 0 Å². The molecule has 0 fully saturated rings. The van der Waals surface area contributed by atoms with Gasteiger partial charge in [-0.1, -0.05) is 26.7 Å². The van der Waals surface area contributed by atoms with Crippen molar-refractivity contribution in [1.82, 2.24) is 5.32 Å². The summed E-state index contributed by atoms with van der Waals surface area (Å²) in [5, 5.41) is 3.18. The van der Waals surface area contributed by atoms with E-state index in [4.69, 9.17) is 5.73 Å². The van der Waals surface area contributed by atoms with Crippen molar-refractivity contribution in [3.05, 3.63) is 0 Å². The third-order valence-electron chi connectivity index (χ3n) is 2.27. The van der Waals surface area contributed by atoms with E-state index in [-0.39, 0.29) is 5.54 Å². The van der Waals surface area contributed by atoms with Crippen LogP contribution in [-0.4, -0.2) is 17.5 Å². The van der Waals surface area contributed by atoms with Crippen LogP contribution in [0.5, 0.6) is 0 Å². The summed E-state index contributed by atoms with van der Waals surface area (Å²) in [5.74, 6) is 1.34. The quantitative estimate of drug-likeness (QED) is 0.560. The van der Waals surface area contributed by atoms with E-state index in [0.29, 0.717) is 12.0 Å². The monoisotopic (exact) mass is 227 g/mol. The van der Waals surface area contributed by atoms with Gasteiger partial charge < -0.3 is 11.1 Å². The molecule has 3 N–H and O–H groups in total. The average molecular weight is 227 g/mol. The number of nitrogens with two attached hydrogens (primary N) is 1. The first-order valence-electron chi connectivity index (χ1n) is 6.32. The Morgan fingerprint density at radius 3 is 2.19 bits per heavy atom. The second-order valence-corrected chi connectivity index (χ2v) is 6.06. The van der Waals surface area contributed by atoms with Crippen molar-refractivity contribution in [2.24, 2.45) is 16.6 Å². The molecule has 0 spiro atoms. The van der Waals surface area contributed by atoms with Gasteiger partial charge in [0.2, 0.25) is 0 Å². The number of nitrogens with one attached hydrogen (secondary N) is 1. The number of hydrogen-bond acceptors (Lipinski definition) is 1. The van der Waals surface area contributed by atoms with Crippen LogP contribution in [0.1, 0.15) is 60.8 Å². The molecule has 0 aliphatic carbocycles. The zero-order valence-electron chi connectivity index (χ0n) is 11.8. The standard InChI is InChI=1S/C13H29N3/c1-10(2)8-7-9-11(3)15-12(14)16-13(4,5)6/h10-11H,7-9H2,1-6H3,(H3,14,15,16). The Bertz CT molecular complexity index is 214. The molecule has 0 saturated carbocycles. The molecule has 0 aromatic carbocycles. The molecule has 0 aromatic rings. The van der Waals surface area contributed by atoms with Crippen molar-refractivity contribution in [3.8, 4) is 0 Å². The van der Waals surface area contributed by atoms with E-state index in [1.807, 2.05) is 0 Å². The van der Waals surface area contributed by atoms with Gasteiger partial charge in [-0.2, -0.15) is 0 Å². The van der Waals surface area contributed by atoms with Crippen LogP contribution < -0.4 is 11.1 Å². The average Bonchev–Trinajstić information content (AvgIpc) is 1.98. The lowest BCUT2D eigenvalue weighted by Crippen LogP contribution is -2.45. The van der Waals surface area contributed by atoms with Crippen LogP contribution in [0, 0.1) is 5.92 Å². The summed E-state index contributed by atoms with van der Waals surface area (Å²) in [6, 6.07) is 0.314.